The molecule has 0 bridgehead atoms. The van der Waals surface area contributed by atoms with E-state index >= 15 is 0 Å². The predicted molar refractivity (Wildman–Crippen MR) is 114 cm³/mol. The van der Waals surface area contributed by atoms with E-state index in [1.54, 1.807) is 5.57 Å². The summed E-state index contributed by atoms with van der Waals surface area (Å²) in [6, 6.07) is 10.2. The molecule has 0 saturated carbocycles. The molecule has 2 rings (SSSR count). The van der Waals surface area contributed by atoms with Crippen LogP contribution >= 0.6 is 0 Å². The molecule has 1 aliphatic rings. The number of hydrogen-bond acceptors (Lipinski definition) is 1. The van der Waals surface area contributed by atoms with Crippen LogP contribution in [-0.4, -0.2) is 6.61 Å². The second kappa shape index (κ2) is 13.0. The van der Waals surface area contributed by atoms with Crippen molar-refractivity contribution in [3.63, 3.8) is 0 Å². The summed E-state index contributed by atoms with van der Waals surface area (Å²) >= 11 is 0. The summed E-state index contributed by atoms with van der Waals surface area (Å²) in [5.41, 5.74) is 1.74. The predicted octanol–water partition coefficient (Wildman–Crippen LogP) is 7.96. The van der Waals surface area contributed by atoms with Crippen molar-refractivity contribution < 1.29 is 4.74 Å². The molecular formula is C25H40O. The molecule has 2 atom stereocenters. The van der Waals surface area contributed by atoms with E-state index < -0.39 is 0 Å². The summed E-state index contributed by atoms with van der Waals surface area (Å²) in [6.07, 6.45) is 19.0. The van der Waals surface area contributed by atoms with Gasteiger partial charge in [0.1, 0.15) is 5.75 Å². The van der Waals surface area contributed by atoms with Crippen molar-refractivity contribution in [2.75, 3.05) is 6.61 Å². The number of hydrogen-bond donors (Lipinski definition) is 0. The summed E-state index contributed by atoms with van der Waals surface area (Å²) in [5, 5.41) is 0. The SMILES string of the molecule is CCCCCCCC1CC=C(C(CC)CCCOc2ccccc2)CC1. The Kier molecular flexibility index (Phi) is 10.5. The summed E-state index contributed by atoms with van der Waals surface area (Å²) in [6.45, 7) is 5.49. The average Bonchev–Trinajstić information content (AvgIpc) is 2.69. The average molecular weight is 357 g/mol. The van der Waals surface area contributed by atoms with Crippen LogP contribution in [0.3, 0.4) is 0 Å². The summed E-state index contributed by atoms with van der Waals surface area (Å²) < 4.78 is 5.86. The van der Waals surface area contributed by atoms with Crippen molar-refractivity contribution in [2.24, 2.45) is 11.8 Å². The van der Waals surface area contributed by atoms with Crippen LogP contribution < -0.4 is 4.74 Å². The lowest BCUT2D eigenvalue weighted by Crippen LogP contribution is -2.13. The van der Waals surface area contributed by atoms with Gasteiger partial charge in [-0.2, -0.15) is 0 Å². The first-order chi connectivity index (χ1) is 12.8. The van der Waals surface area contributed by atoms with Gasteiger partial charge in [-0.1, -0.05) is 82.2 Å². The highest BCUT2D eigenvalue weighted by molar-refractivity contribution is 5.20. The molecule has 0 saturated heterocycles. The van der Waals surface area contributed by atoms with Crippen molar-refractivity contribution in [1.29, 1.82) is 0 Å². The van der Waals surface area contributed by atoms with Gasteiger partial charge >= 0.3 is 0 Å². The van der Waals surface area contributed by atoms with Gasteiger partial charge < -0.3 is 4.74 Å². The second-order valence-electron chi connectivity index (χ2n) is 8.03. The van der Waals surface area contributed by atoms with E-state index in [9.17, 15) is 0 Å². The third-order valence-corrected chi connectivity index (χ3v) is 6.00. The molecule has 0 heterocycles. The molecule has 26 heavy (non-hydrogen) atoms. The van der Waals surface area contributed by atoms with Crippen molar-refractivity contribution in [1.82, 2.24) is 0 Å². The molecule has 1 aromatic carbocycles. The Hall–Kier alpha value is -1.24. The van der Waals surface area contributed by atoms with Crippen LogP contribution in [0.25, 0.3) is 0 Å². The Morgan fingerprint density at radius 3 is 2.50 bits per heavy atom. The first kappa shape index (κ1) is 21.1. The lowest BCUT2D eigenvalue weighted by atomic mass is 9.79. The van der Waals surface area contributed by atoms with E-state index in [0.29, 0.717) is 0 Å². The van der Waals surface area contributed by atoms with Crippen molar-refractivity contribution in [3.05, 3.63) is 42.0 Å². The van der Waals surface area contributed by atoms with Gasteiger partial charge in [0, 0.05) is 0 Å². The molecule has 0 spiro atoms. The Morgan fingerprint density at radius 2 is 1.81 bits per heavy atom. The molecule has 1 heteroatoms. The van der Waals surface area contributed by atoms with Crippen molar-refractivity contribution >= 4 is 0 Å². The zero-order valence-electron chi connectivity index (χ0n) is 17.2. The van der Waals surface area contributed by atoms with Gasteiger partial charge in [0.15, 0.2) is 0 Å². The zero-order chi connectivity index (χ0) is 18.5. The van der Waals surface area contributed by atoms with E-state index in [2.05, 4.69) is 19.9 Å². The number of allylic oxidation sites excluding steroid dienone is 2. The van der Waals surface area contributed by atoms with E-state index in [0.717, 1.165) is 30.6 Å². The molecule has 0 fully saturated rings. The highest BCUT2D eigenvalue weighted by Gasteiger charge is 2.19. The van der Waals surface area contributed by atoms with Gasteiger partial charge in [-0.15, -0.1) is 0 Å². The minimum atomic E-state index is 0.778. The maximum absolute atomic E-state index is 5.86. The van der Waals surface area contributed by atoms with E-state index in [1.165, 1.54) is 70.6 Å². The molecule has 0 aromatic heterocycles. The van der Waals surface area contributed by atoms with E-state index in [4.69, 9.17) is 4.74 Å². The van der Waals surface area contributed by atoms with Crippen LogP contribution in [0.2, 0.25) is 0 Å². The molecule has 1 aromatic rings. The normalized spacial score (nSPS) is 18.4. The fourth-order valence-corrected chi connectivity index (χ4v) is 4.27. The molecule has 1 aliphatic carbocycles. The first-order valence-corrected chi connectivity index (χ1v) is 11.2. The third kappa shape index (κ3) is 7.98. The van der Waals surface area contributed by atoms with Crippen molar-refractivity contribution in [2.45, 2.75) is 90.9 Å². The molecule has 0 radical (unpaired) electrons. The lowest BCUT2D eigenvalue weighted by Gasteiger charge is -2.27. The largest absolute Gasteiger partial charge is 0.494 e. The molecule has 0 N–H and O–H groups in total. The molecule has 1 nitrogen and oxygen atoms in total. The fraction of sp³-hybridized carbons (Fsp3) is 0.680. The van der Waals surface area contributed by atoms with Crippen LogP contribution in [0.4, 0.5) is 0 Å². The lowest BCUT2D eigenvalue weighted by molar-refractivity contribution is 0.293. The first-order valence-electron chi connectivity index (χ1n) is 11.2. The van der Waals surface area contributed by atoms with Crippen LogP contribution in [0.1, 0.15) is 90.9 Å². The number of unbranched alkanes of at least 4 members (excludes halogenated alkanes) is 4. The standard InChI is InChI=1S/C25H40O/c1-3-5-6-7-9-13-22-17-19-24(20-18-22)23(4-2)14-12-21-26-25-15-10-8-11-16-25/h8,10-11,15-16,19,22-23H,3-7,9,12-14,17-18,20-21H2,1-2H3. The monoisotopic (exact) mass is 356 g/mol. The summed E-state index contributed by atoms with van der Waals surface area (Å²) in [4.78, 5) is 0. The second-order valence-corrected chi connectivity index (χ2v) is 8.03. The minimum absolute atomic E-state index is 0.778. The van der Waals surface area contributed by atoms with Gasteiger partial charge in [0.2, 0.25) is 0 Å². The van der Waals surface area contributed by atoms with E-state index in [1.807, 2.05) is 30.3 Å². The number of ether oxygens (including phenoxy) is 1. The van der Waals surface area contributed by atoms with Crippen molar-refractivity contribution in [3.8, 4) is 5.75 Å². The smallest absolute Gasteiger partial charge is 0.119 e. The Balaban J connectivity index is 1.63. The number of rotatable bonds is 13. The molecule has 0 amide bonds. The van der Waals surface area contributed by atoms with Crippen LogP contribution in [-0.2, 0) is 0 Å². The number of benzene rings is 1. The van der Waals surface area contributed by atoms with Crippen LogP contribution in [0, 0.1) is 11.8 Å². The van der Waals surface area contributed by atoms with Gasteiger partial charge in [0.25, 0.3) is 0 Å². The highest BCUT2D eigenvalue weighted by Crippen LogP contribution is 2.34. The quantitative estimate of drug-likeness (QED) is 0.257. The summed E-state index contributed by atoms with van der Waals surface area (Å²) in [5.74, 6) is 2.73. The van der Waals surface area contributed by atoms with Gasteiger partial charge in [-0.25, -0.2) is 0 Å². The minimum Gasteiger partial charge on any atom is -0.494 e. The Morgan fingerprint density at radius 1 is 1.00 bits per heavy atom. The zero-order valence-corrected chi connectivity index (χ0v) is 17.2. The maximum Gasteiger partial charge on any atom is 0.119 e. The Bertz CT molecular complexity index is 490. The summed E-state index contributed by atoms with van der Waals surface area (Å²) in [7, 11) is 0. The molecule has 146 valence electrons. The van der Waals surface area contributed by atoms with E-state index in [-0.39, 0.29) is 0 Å². The third-order valence-electron chi connectivity index (χ3n) is 6.00. The highest BCUT2D eigenvalue weighted by atomic mass is 16.5. The van der Waals surface area contributed by atoms with Gasteiger partial charge in [-0.05, 0) is 62.5 Å². The van der Waals surface area contributed by atoms with Gasteiger partial charge in [-0.3, -0.25) is 0 Å². The molecular weight excluding hydrogens is 316 g/mol. The molecule has 2 unspecified atom stereocenters. The fourth-order valence-electron chi connectivity index (χ4n) is 4.27. The van der Waals surface area contributed by atoms with Gasteiger partial charge in [0.05, 0.1) is 6.61 Å². The van der Waals surface area contributed by atoms with Crippen LogP contribution in [0.15, 0.2) is 42.0 Å². The maximum atomic E-state index is 5.86. The Labute approximate surface area is 162 Å². The van der Waals surface area contributed by atoms with Crippen LogP contribution in [0.5, 0.6) is 5.75 Å². The topological polar surface area (TPSA) is 9.23 Å². The molecule has 0 aliphatic heterocycles. The number of para-hydroxylation sites is 1.